The second-order valence-corrected chi connectivity index (χ2v) is 5.60. The molecule has 1 aliphatic heterocycles. The molecule has 1 aromatic carbocycles. The van der Waals surface area contributed by atoms with Gasteiger partial charge in [-0.1, -0.05) is 30.3 Å². The SMILES string of the molecule is NC(=O)CCN1CCN(CC(=O)NCc2ccccc2)CC1. The van der Waals surface area contributed by atoms with Crippen molar-refractivity contribution in [1.82, 2.24) is 15.1 Å². The van der Waals surface area contributed by atoms with Gasteiger partial charge in [0.2, 0.25) is 11.8 Å². The Morgan fingerprint density at radius 1 is 1.05 bits per heavy atom. The Morgan fingerprint density at radius 2 is 1.68 bits per heavy atom. The zero-order valence-corrected chi connectivity index (χ0v) is 12.8. The van der Waals surface area contributed by atoms with Crippen molar-refractivity contribution < 1.29 is 9.59 Å². The number of hydrogen-bond donors (Lipinski definition) is 2. The van der Waals surface area contributed by atoms with Gasteiger partial charge in [0.25, 0.3) is 0 Å². The maximum atomic E-state index is 12.0. The number of primary amides is 1. The second-order valence-electron chi connectivity index (χ2n) is 5.60. The van der Waals surface area contributed by atoms with Gasteiger partial charge >= 0.3 is 0 Å². The third-order valence-corrected chi connectivity index (χ3v) is 3.84. The van der Waals surface area contributed by atoms with Gasteiger partial charge in [0.1, 0.15) is 0 Å². The van der Waals surface area contributed by atoms with Crippen LogP contribution in [0.25, 0.3) is 0 Å². The molecule has 0 radical (unpaired) electrons. The minimum absolute atomic E-state index is 0.0504. The van der Waals surface area contributed by atoms with Crippen LogP contribution in [0.1, 0.15) is 12.0 Å². The maximum Gasteiger partial charge on any atom is 0.234 e. The molecule has 22 heavy (non-hydrogen) atoms. The topological polar surface area (TPSA) is 78.7 Å². The standard InChI is InChI=1S/C16H24N4O2/c17-15(21)6-7-19-8-10-20(11-9-19)13-16(22)18-12-14-4-2-1-3-5-14/h1-5H,6-13H2,(H2,17,21)(H,18,22). The molecule has 0 aromatic heterocycles. The van der Waals surface area contributed by atoms with E-state index in [-0.39, 0.29) is 11.8 Å². The van der Waals surface area contributed by atoms with E-state index in [1.165, 1.54) is 0 Å². The number of benzene rings is 1. The summed E-state index contributed by atoms with van der Waals surface area (Å²) in [5.41, 5.74) is 6.26. The maximum absolute atomic E-state index is 12.0. The predicted molar refractivity (Wildman–Crippen MR) is 85.0 cm³/mol. The van der Waals surface area contributed by atoms with Crippen LogP contribution in [0, 0.1) is 0 Å². The lowest BCUT2D eigenvalue weighted by molar-refractivity contribution is -0.122. The van der Waals surface area contributed by atoms with Crippen molar-refractivity contribution in [2.45, 2.75) is 13.0 Å². The van der Waals surface area contributed by atoms with Crippen LogP contribution in [-0.2, 0) is 16.1 Å². The van der Waals surface area contributed by atoms with Crippen LogP contribution in [-0.4, -0.2) is 60.9 Å². The summed E-state index contributed by atoms with van der Waals surface area (Å²) in [4.78, 5) is 27.1. The Morgan fingerprint density at radius 3 is 2.32 bits per heavy atom. The van der Waals surface area contributed by atoms with Crippen LogP contribution < -0.4 is 11.1 Å². The van der Waals surface area contributed by atoms with Crippen LogP contribution >= 0.6 is 0 Å². The highest BCUT2D eigenvalue weighted by Gasteiger charge is 2.18. The van der Waals surface area contributed by atoms with Gasteiger partial charge in [-0.05, 0) is 5.56 Å². The van der Waals surface area contributed by atoms with E-state index in [1.807, 2.05) is 30.3 Å². The summed E-state index contributed by atoms with van der Waals surface area (Å²) in [5, 5.41) is 2.94. The smallest absolute Gasteiger partial charge is 0.234 e. The van der Waals surface area contributed by atoms with Crippen molar-refractivity contribution in [3.8, 4) is 0 Å². The monoisotopic (exact) mass is 304 g/mol. The molecule has 1 heterocycles. The average Bonchev–Trinajstić information content (AvgIpc) is 2.53. The second kappa shape index (κ2) is 8.51. The largest absolute Gasteiger partial charge is 0.370 e. The van der Waals surface area contributed by atoms with E-state index < -0.39 is 0 Å². The van der Waals surface area contributed by atoms with Crippen molar-refractivity contribution in [2.75, 3.05) is 39.3 Å². The number of rotatable bonds is 7. The molecule has 1 saturated heterocycles. The van der Waals surface area contributed by atoms with E-state index in [1.54, 1.807) is 0 Å². The highest BCUT2D eigenvalue weighted by molar-refractivity contribution is 5.78. The lowest BCUT2D eigenvalue weighted by Gasteiger charge is -2.34. The molecular formula is C16H24N4O2. The summed E-state index contributed by atoms with van der Waals surface area (Å²) in [7, 11) is 0. The third kappa shape index (κ3) is 5.83. The van der Waals surface area contributed by atoms with Gasteiger partial charge in [-0.15, -0.1) is 0 Å². The summed E-state index contributed by atoms with van der Waals surface area (Å²) < 4.78 is 0. The number of carbonyl (C=O) groups is 2. The third-order valence-electron chi connectivity index (χ3n) is 3.84. The van der Waals surface area contributed by atoms with Gasteiger partial charge in [0.05, 0.1) is 6.54 Å². The van der Waals surface area contributed by atoms with E-state index in [4.69, 9.17) is 5.73 Å². The number of piperazine rings is 1. The summed E-state index contributed by atoms with van der Waals surface area (Å²) in [5.74, 6) is -0.211. The fraction of sp³-hybridized carbons (Fsp3) is 0.500. The molecular weight excluding hydrogens is 280 g/mol. The van der Waals surface area contributed by atoms with E-state index in [9.17, 15) is 9.59 Å². The number of nitrogens with zero attached hydrogens (tertiary/aromatic N) is 2. The number of nitrogens with one attached hydrogen (secondary N) is 1. The lowest BCUT2D eigenvalue weighted by Crippen LogP contribution is -2.49. The molecule has 0 unspecified atom stereocenters. The van der Waals surface area contributed by atoms with Crippen molar-refractivity contribution in [3.63, 3.8) is 0 Å². The normalized spacial score (nSPS) is 16.4. The predicted octanol–water partition coefficient (Wildman–Crippen LogP) is -0.204. The summed E-state index contributed by atoms with van der Waals surface area (Å²) in [6.07, 6.45) is 0.400. The minimum Gasteiger partial charge on any atom is -0.370 e. The van der Waals surface area contributed by atoms with Crippen molar-refractivity contribution in [1.29, 1.82) is 0 Å². The quantitative estimate of drug-likeness (QED) is 0.731. The first-order chi connectivity index (χ1) is 10.6. The molecule has 3 N–H and O–H groups in total. The number of hydrogen-bond acceptors (Lipinski definition) is 4. The van der Waals surface area contributed by atoms with Gasteiger partial charge in [-0.3, -0.25) is 14.5 Å². The van der Waals surface area contributed by atoms with Crippen LogP contribution in [0.5, 0.6) is 0 Å². The summed E-state index contributed by atoms with van der Waals surface area (Å²) >= 11 is 0. The molecule has 0 aliphatic carbocycles. The summed E-state index contributed by atoms with van der Waals surface area (Å²) in [6, 6.07) is 9.89. The molecule has 1 aromatic rings. The molecule has 6 heteroatoms. The lowest BCUT2D eigenvalue weighted by atomic mass is 10.2. The fourth-order valence-corrected chi connectivity index (χ4v) is 2.49. The fourth-order valence-electron chi connectivity index (χ4n) is 2.49. The average molecular weight is 304 g/mol. The Labute approximate surface area is 131 Å². The van der Waals surface area contributed by atoms with Gasteiger partial charge < -0.3 is 16.0 Å². The zero-order valence-electron chi connectivity index (χ0n) is 12.8. The van der Waals surface area contributed by atoms with Crippen molar-refractivity contribution in [2.24, 2.45) is 5.73 Å². The molecule has 0 saturated carbocycles. The van der Waals surface area contributed by atoms with Crippen LogP contribution in [0.3, 0.4) is 0 Å². The Balaban J connectivity index is 1.63. The Hall–Kier alpha value is -1.92. The van der Waals surface area contributed by atoms with Crippen LogP contribution in [0.4, 0.5) is 0 Å². The number of amides is 2. The first-order valence-electron chi connectivity index (χ1n) is 7.67. The van der Waals surface area contributed by atoms with E-state index >= 15 is 0 Å². The molecule has 0 bridgehead atoms. The molecule has 2 rings (SSSR count). The Bertz CT molecular complexity index is 484. The molecule has 1 aliphatic rings. The number of carbonyl (C=O) groups excluding carboxylic acids is 2. The molecule has 1 fully saturated rings. The molecule has 2 amide bonds. The highest BCUT2D eigenvalue weighted by atomic mass is 16.2. The van der Waals surface area contributed by atoms with Gasteiger partial charge in [-0.2, -0.15) is 0 Å². The van der Waals surface area contributed by atoms with Crippen LogP contribution in [0.15, 0.2) is 30.3 Å². The highest BCUT2D eigenvalue weighted by Crippen LogP contribution is 2.02. The molecule has 0 atom stereocenters. The molecule has 0 spiro atoms. The first kappa shape index (κ1) is 16.5. The van der Waals surface area contributed by atoms with E-state index in [2.05, 4.69) is 15.1 Å². The van der Waals surface area contributed by atoms with Crippen molar-refractivity contribution >= 4 is 11.8 Å². The van der Waals surface area contributed by atoms with Gasteiger partial charge in [-0.25, -0.2) is 0 Å². The molecule has 120 valence electrons. The minimum atomic E-state index is -0.261. The molecule has 6 nitrogen and oxygen atoms in total. The number of nitrogens with two attached hydrogens (primary N) is 1. The van der Waals surface area contributed by atoms with Gasteiger partial charge in [0, 0.05) is 45.7 Å². The van der Waals surface area contributed by atoms with Gasteiger partial charge in [0.15, 0.2) is 0 Å². The zero-order chi connectivity index (χ0) is 15.8. The summed E-state index contributed by atoms with van der Waals surface area (Å²) in [6.45, 7) is 5.14. The van der Waals surface area contributed by atoms with E-state index in [0.29, 0.717) is 26.1 Å². The first-order valence-corrected chi connectivity index (χ1v) is 7.67. The van der Waals surface area contributed by atoms with E-state index in [0.717, 1.165) is 31.7 Å². The Kier molecular flexibility index (Phi) is 6.36. The van der Waals surface area contributed by atoms with Crippen molar-refractivity contribution in [3.05, 3.63) is 35.9 Å². The van der Waals surface area contributed by atoms with Crippen LogP contribution in [0.2, 0.25) is 0 Å².